The van der Waals surface area contributed by atoms with Gasteiger partial charge in [0.25, 0.3) is 5.69 Å². The van der Waals surface area contributed by atoms with E-state index >= 15 is 0 Å². The van der Waals surface area contributed by atoms with Crippen molar-refractivity contribution in [2.75, 3.05) is 7.05 Å². The van der Waals surface area contributed by atoms with Crippen LogP contribution in [0.1, 0.15) is 24.9 Å². The quantitative estimate of drug-likeness (QED) is 0.642. The first kappa shape index (κ1) is 15.0. The van der Waals surface area contributed by atoms with Crippen LogP contribution < -0.4 is 10.1 Å². The minimum absolute atomic E-state index is 0.0188. The zero-order valence-corrected chi connectivity index (χ0v) is 12.1. The van der Waals surface area contributed by atoms with Crippen LogP contribution in [-0.4, -0.2) is 12.0 Å². The van der Waals surface area contributed by atoms with E-state index in [1.54, 1.807) is 12.1 Å². The summed E-state index contributed by atoms with van der Waals surface area (Å²) in [4.78, 5) is 10.3. The van der Waals surface area contributed by atoms with Crippen molar-refractivity contribution in [3.63, 3.8) is 0 Å². The molecule has 0 radical (unpaired) electrons. The second-order valence-electron chi connectivity index (χ2n) is 4.68. The molecular formula is C16H18N2O3. The van der Waals surface area contributed by atoms with E-state index in [0.717, 1.165) is 6.42 Å². The molecule has 0 bridgehead atoms. The third kappa shape index (κ3) is 3.79. The normalized spacial score (nSPS) is 11.9. The third-order valence-corrected chi connectivity index (χ3v) is 3.30. The first-order valence-corrected chi connectivity index (χ1v) is 6.83. The fourth-order valence-electron chi connectivity index (χ4n) is 2.17. The molecule has 0 aromatic heterocycles. The zero-order valence-electron chi connectivity index (χ0n) is 12.1. The number of benzene rings is 2. The number of nitrogens with zero attached hydrogens (tertiary/aromatic N) is 1. The molecule has 0 amide bonds. The molecule has 5 nitrogen and oxygen atoms in total. The summed E-state index contributed by atoms with van der Waals surface area (Å²) in [5.74, 6) is 1.11. The molecular weight excluding hydrogens is 268 g/mol. The van der Waals surface area contributed by atoms with Crippen molar-refractivity contribution in [3.05, 3.63) is 64.2 Å². The van der Waals surface area contributed by atoms with E-state index in [4.69, 9.17) is 4.74 Å². The fourth-order valence-corrected chi connectivity index (χ4v) is 2.17. The molecule has 2 aromatic carbocycles. The second-order valence-corrected chi connectivity index (χ2v) is 4.68. The van der Waals surface area contributed by atoms with Gasteiger partial charge in [0.2, 0.25) is 0 Å². The van der Waals surface area contributed by atoms with E-state index in [9.17, 15) is 10.1 Å². The lowest BCUT2D eigenvalue weighted by atomic mass is 10.0. The smallest absolute Gasteiger partial charge is 0.273 e. The van der Waals surface area contributed by atoms with Crippen molar-refractivity contribution in [2.24, 2.45) is 0 Å². The summed E-state index contributed by atoms with van der Waals surface area (Å²) in [7, 11) is 1.93. The van der Waals surface area contributed by atoms with E-state index in [-0.39, 0.29) is 5.69 Å². The summed E-state index contributed by atoms with van der Waals surface area (Å²) < 4.78 is 5.65. The van der Waals surface area contributed by atoms with Crippen LogP contribution in [-0.2, 0) is 0 Å². The number of ether oxygens (including phenoxy) is 1. The molecule has 1 atom stereocenters. The van der Waals surface area contributed by atoms with Crippen molar-refractivity contribution < 1.29 is 9.66 Å². The Kier molecular flexibility index (Phi) is 4.90. The topological polar surface area (TPSA) is 64.4 Å². The Labute approximate surface area is 123 Å². The number of rotatable bonds is 6. The van der Waals surface area contributed by atoms with Gasteiger partial charge < -0.3 is 10.1 Å². The Bertz CT molecular complexity index is 607. The first-order chi connectivity index (χ1) is 10.1. The molecule has 0 aliphatic carbocycles. The van der Waals surface area contributed by atoms with E-state index in [2.05, 4.69) is 12.2 Å². The Morgan fingerprint density at radius 2 is 1.90 bits per heavy atom. The van der Waals surface area contributed by atoms with Crippen molar-refractivity contribution in [1.29, 1.82) is 0 Å². The number of hydrogen-bond acceptors (Lipinski definition) is 4. The summed E-state index contributed by atoms with van der Waals surface area (Å²) >= 11 is 0. The molecule has 0 heterocycles. The maximum atomic E-state index is 10.7. The van der Waals surface area contributed by atoms with Gasteiger partial charge in [0, 0.05) is 12.1 Å². The predicted molar refractivity (Wildman–Crippen MR) is 81.7 cm³/mol. The van der Waals surface area contributed by atoms with Crippen LogP contribution in [0.2, 0.25) is 0 Å². The molecule has 110 valence electrons. The fraction of sp³-hybridized carbons (Fsp3) is 0.250. The van der Waals surface area contributed by atoms with Gasteiger partial charge in [0.15, 0.2) is 0 Å². The Morgan fingerprint density at radius 3 is 2.48 bits per heavy atom. The van der Waals surface area contributed by atoms with Crippen molar-refractivity contribution >= 4 is 5.69 Å². The second kappa shape index (κ2) is 6.85. The molecule has 5 heteroatoms. The maximum Gasteiger partial charge on any atom is 0.273 e. The molecule has 0 saturated heterocycles. The number of nitro groups is 1. The third-order valence-electron chi connectivity index (χ3n) is 3.30. The molecule has 0 aliphatic heterocycles. The Hall–Kier alpha value is -2.40. The number of hydrogen-bond donors (Lipinski definition) is 1. The highest BCUT2D eigenvalue weighted by Crippen LogP contribution is 2.26. The average molecular weight is 286 g/mol. The van der Waals surface area contributed by atoms with E-state index in [1.807, 2.05) is 31.3 Å². The van der Waals surface area contributed by atoms with E-state index < -0.39 is 4.92 Å². The summed E-state index contributed by atoms with van der Waals surface area (Å²) in [6.45, 7) is 2.12. The lowest BCUT2D eigenvalue weighted by Gasteiger charge is -2.14. The predicted octanol–water partition coefficient (Wildman–Crippen LogP) is 4.06. The van der Waals surface area contributed by atoms with Crippen LogP contribution >= 0.6 is 0 Å². The highest BCUT2D eigenvalue weighted by molar-refractivity contribution is 5.41. The number of nitro benzene ring substituents is 1. The van der Waals surface area contributed by atoms with E-state index in [1.165, 1.54) is 17.7 Å². The van der Waals surface area contributed by atoms with Gasteiger partial charge in [-0.05, 0) is 37.2 Å². The van der Waals surface area contributed by atoms with Crippen LogP contribution in [0.25, 0.3) is 0 Å². The van der Waals surface area contributed by atoms with Crippen LogP contribution in [0.3, 0.4) is 0 Å². The highest BCUT2D eigenvalue weighted by atomic mass is 16.6. The average Bonchev–Trinajstić information content (AvgIpc) is 2.50. The minimum atomic E-state index is -0.436. The number of non-ortho nitro benzene ring substituents is 1. The van der Waals surface area contributed by atoms with Gasteiger partial charge in [-0.15, -0.1) is 0 Å². The van der Waals surface area contributed by atoms with Gasteiger partial charge in [-0.1, -0.05) is 25.1 Å². The summed E-state index contributed by atoms with van der Waals surface area (Å²) in [5.41, 5.74) is 1.21. The largest absolute Gasteiger partial charge is 0.457 e. The molecule has 0 spiro atoms. The standard InChI is InChI=1S/C16H18N2O3/c1-3-16(17-2)12-7-9-14(10-8-12)21-15-6-4-5-13(11-15)18(19)20/h4-11,16-17H,3H2,1-2H3. The SMILES string of the molecule is CCC(NC)c1ccc(Oc2cccc([N+](=O)[O-])c2)cc1. The number of nitrogens with one attached hydrogen (secondary N) is 1. The van der Waals surface area contributed by atoms with E-state index in [0.29, 0.717) is 17.5 Å². The minimum Gasteiger partial charge on any atom is -0.457 e. The molecule has 0 saturated carbocycles. The van der Waals surface area contributed by atoms with Crippen LogP contribution in [0.4, 0.5) is 5.69 Å². The molecule has 1 N–H and O–H groups in total. The van der Waals surface area contributed by atoms with Gasteiger partial charge in [-0.2, -0.15) is 0 Å². The van der Waals surface area contributed by atoms with Gasteiger partial charge in [0.05, 0.1) is 11.0 Å². The molecule has 0 fully saturated rings. The van der Waals surface area contributed by atoms with Gasteiger partial charge in [0.1, 0.15) is 11.5 Å². The summed E-state index contributed by atoms with van der Waals surface area (Å²) in [5, 5.41) is 14.0. The molecule has 1 unspecified atom stereocenters. The van der Waals surface area contributed by atoms with Crippen LogP contribution in [0.5, 0.6) is 11.5 Å². The van der Waals surface area contributed by atoms with Gasteiger partial charge in [-0.3, -0.25) is 10.1 Å². The van der Waals surface area contributed by atoms with Gasteiger partial charge in [-0.25, -0.2) is 0 Å². The van der Waals surface area contributed by atoms with Crippen molar-refractivity contribution in [1.82, 2.24) is 5.32 Å². The first-order valence-electron chi connectivity index (χ1n) is 6.83. The Balaban J connectivity index is 2.13. The molecule has 2 aromatic rings. The van der Waals surface area contributed by atoms with Crippen LogP contribution in [0, 0.1) is 10.1 Å². The van der Waals surface area contributed by atoms with Gasteiger partial charge >= 0.3 is 0 Å². The highest BCUT2D eigenvalue weighted by Gasteiger charge is 2.08. The van der Waals surface area contributed by atoms with Crippen molar-refractivity contribution in [2.45, 2.75) is 19.4 Å². The molecule has 2 rings (SSSR count). The lowest BCUT2D eigenvalue weighted by Crippen LogP contribution is -2.14. The maximum absolute atomic E-state index is 10.7. The molecule has 21 heavy (non-hydrogen) atoms. The zero-order chi connectivity index (χ0) is 15.2. The van der Waals surface area contributed by atoms with Crippen LogP contribution in [0.15, 0.2) is 48.5 Å². The monoisotopic (exact) mass is 286 g/mol. The molecule has 0 aliphatic rings. The lowest BCUT2D eigenvalue weighted by molar-refractivity contribution is -0.384. The van der Waals surface area contributed by atoms with Crippen molar-refractivity contribution in [3.8, 4) is 11.5 Å². The Morgan fingerprint density at radius 1 is 1.19 bits per heavy atom. The summed E-state index contributed by atoms with van der Waals surface area (Å²) in [6.07, 6.45) is 1.00. The summed E-state index contributed by atoms with van der Waals surface area (Å²) in [6, 6.07) is 14.2.